The topological polar surface area (TPSA) is 50.8 Å². The Morgan fingerprint density at radius 3 is 2.51 bits per heavy atom. The van der Waals surface area contributed by atoms with Crippen molar-refractivity contribution in [2.45, 2.75) is 31.7 Å². The quantitative estimate of drug-likeness (QED) is 0.466. The second kappa shape index (κ2) is 13.1. The molecule has 0 radical (unpaired) electrons. The number of hydrogen-bond acceptors (Lipinski definition) is 4. The number of nitrogens with zero attached hydrogens (tertiary/aromatic N) is 1. The zero-order valence-corrected chi connectivity index (χ0v) is 20.6. The van der Waals surface area contributed by atoms with E-state index in [-0.39, 0.29) is 6.04 Å². The van der Waals surface area contributed by atoms with Crippen molar-refractivity contribution in [3.63, 3.8) is 0 Å². The van der Waals surface area contributed by atoms with Gasteiger partial charge in [-0.25, -0.2) is 0 Å². The maximum absolute atomic E-state index is 10.8. The number of hydrogen-bond donors (Lipinski definition) is 1. The first-order valence-electron chi connectivity index (χ1n) is 12.7. The van der Waals surface area contributed by atoms with Crippen LogP contribution in [0.5, 0.6) is 5.75 Å². The molecular weight excluding hydrogens is 436 g/mol. The fourth-order valence-electron chi connectivity index (χ4n) is 4.69. The van der Waals surface area contributed by atoms with Gasteiger partial charge in [0.15, 0.2) is 0 Å². The lowest BCUT2D eigenvalue weighted by molar-refractivity contribution is -0.126. The average Bonchev–Trinajstić information content (AvgIpc) is 3.48. The Kier molecular flexibility index (Phi) is 9.32. The van der Waals surface area contributed by atoms with Gasteiger partial charge in [0, 0.05) is 13.1 Å². The van der Waals surface area contributed by atoms with E-state index in [0.29, 0.717) is 25.7 Å². The molecule has 0 bridgehead atoms. The van der Waals surface area contributed by atoms with Gasteiger partial charge in [-0.2, -0.15) is 0 Å². The lowest BCUT2D eigenvalue weighted by Crippen LogP contribution is -2.38. The monoisotopic (exact) mass is 472 g/mol. The number of carbonyl (C=O) groups excluding carboxylic acids is 1. The number of amides is 1. The maximum atomic E-state index is 10.8. The van der Waals surface area contributed by atoms with E-state index in [4.69, 9.17) is 9.47 Å². The molecule has 2 atom stereocenters. The van der Waals surface area contributed by atoms with Crippen molar-refractivity contribution in [1.82, 2.24) is 10.2 Å². The highest BCUT2D eigenvalue weighted by Gasteiger charge is 2.22. The van der Waals surface area contributed by atoms with E-state index in [1.165, 1.54) is 23.1 Å². The molecule has 2 heterocycles. The maximum Gasteiger partial charge on any atom is 0.210 e. The van der Waals surface area contributed by atoms with E-state index in [9.17, 15) is 4.79 Å². The van der Waals surface area contributed by atoms with Crippen LogP contribution in [0.15, 0.2) is 78.9 Å². The van der Waals surface area contributed by atoms with Crippen LogP contribution >= 0.6 is 0 Å². The van der Waals surface area contributed by atoms with Crippen LogP contribution in [0.2, 0.25) is 0 Å². The Hall–Kier alpha value is -3.15. The molecule has 3 aromatic carbocycles. The SMILES string of the molecule is CCCOc1ccc(-c2ccccc2C2CCNC2)cc1.O=CN1CCOCC1c1ccccc1. The van der Waals surface area contributed by atoms with Gasteiger partial charge in [-0.05, 0) is 59.7 Å². The Balaban J connectivity index is 0.000000179. The molecule has 2 aliphatic heterocycles. The normalized spacial score (nSPS) is 19.5. The molecule has 2 fully saturated rings. The first kappa shape index (κ1) is 25.0. The van der Waals surface area contributed by atoms with E-state index >= 15 is 0 Å². The van der Waals surface area contributed by atoms with Crippen LogP contribution in [-0.2, 0) is 9.53 Å². The van der Waals surface area contributed by atoms with Gasteiger partial charge >= 0.3 is 0 Å². The van der Waals surface area contributed by atoms with Crippen molar-refractivity contribution >= 4 is 6.41 Å². The summed E-state index contributed by atoms with van der Waals surface area (Å²) in [6.07, 6.45) is 3.17. The third-order valence-corrected chi connectivity index (χ3v) is 6.59. The summed E-state index contributed by atoms with van der Waals surface area (Å²) in [5, 5.41) is 3.46. The average molecular weight is 473 g/mol. The van der Waals surface area contributed by atoms with E-state index in [2.05, 4.69) is 60.8 Å². The van der Waals surface area contributed by atoms with Crippen LogP contribution < -0.4 is 10.1 Å². The first-order chi connectivity index (χ1) is 17.3. The molecule has 1 amide bonds. The van der Waals surface area contributed by atoms with E-state index in [1.807, 2.05) is 30.3 Å². The van der Waals surface area contributed by atoms with Crippen molar-refractivity contribution in [3.8, 4) is 16.9 Å². The van der Waals surface area contributed by atoms with Gasteiger partial charge in [0.2, 0.25) is 6.41 Å². The van der Waals surface area contributed by atoms with E-state index in [1.54, 1.807) is 4.90 Å². The molecule has 2 aliphatic rings. The third kappa shape index (κ3) is 6.71. The largest absolute Gasteiger partial charge is 0.494 e. The first-order valence-corrected chi connectivity index (χ1v) is 12.7. The van der Waals surface area contributed by atoms with Crippen LogP contribution in [0, 0.1) is 0 Å². The highest BCUT2D eigenvalue weighted by atomic mass is 16.5. The van der Waals surface area contributed by atoms with Gasteiger partial charge < -0.3 is 19.7 Å². The van der Waals surface area contributed by atoms with Gasteiger partial charge in [0.25, 0.3) is 0 Å². The van der Waals surface area contributed by atoms with Gasteiger partial charge in [-0.1, -0.05) is 73.7 Å². The Labute approximate surface area is 209 Å². The molecule has 184 valence electrons. The highest BCUT2D eigenvalue weighted by molar-refractivity contribution is 5.68. The molecule has 5 nitrogen and oxygen atoms in total. The molecule has 0 aliphatic carbocycles. The minimum absolute atomic E-state index is 0.0856. The Morgan fingerprint density at radius 2 is 1.80 bits per heavy atom. The van der Waals surface area contributed by atoms with Gasteiger partial charge in [-0.3, -0.25) is 4.79 Å². The zero-order valence-electron chi connectivity index (χ0n) is 20.6. The number of nitrogens with one attached hydrogen (secondary N) is 1. The van der Waals surface area contributed by atoms with Gasteiger partial charge in [-0.15, -0.1) is 0 Å². The van der Waals surface area contributed by atoms with Crippen molar-refractivity contribution < 1.29 is 14.3 Å². The third-order valence-electron chi connectivity index (χ3n) is 6.59. The fourth-order valence-corrected chi connectivity index (χ4v) is 4.69. The summed E-state index contributed by atoms with van der Waals surface area (Å²) >= 11 is 0. The summed E-state index contributed by atoms with van der Waals surface area (Å²) in [5.74, 6) is 1.60. The molecular formula is C30H36N2O3. The van der Waals surface area contributed by atoms with Crippen LogP contribution in [0.1, 0.15) is 42.9 Å². The Bertz CT molecular complexity index is 1030. The summed E-state index contributed by atoms with van der Waals surface area (Å²) in [6.45, 7) is 7.05. The van der Waals surface area contributed by atoms with Crippen molar-refractivity contribution in [2.24, 2.45) is 0 Å². The van der Waals surface area contributed by atoms with Crippen LogP contribution in [0.4, 0.5) is 0 Å². The van der Waals surface area contributed by atoms with Crippen molar-refractivity contribution in [2.75, 3.05) is 39.5 Å². The standard InChI is InChI=1S/C19H23NO.C11H13NO2/c1-2-13-21-17-9-7-15(8-10-17)18-5-3-4-6-19(18)16-11-12-20-14-16;13-9-12-6-7-14-8-11(12)10-4-2-1-3-5-10/h3-10,16,20H,2,11-14H2,1H3;1-5,9,11H,6-8H2. The van der Waals surface area contributed by atoms with Crippen molar-refractivity contribution in [3.05, 3.63) is 90.0 Å². The number of ether oxygens (including phenoxy) is 2. The second-order valence-electron chi connectivity index (χ2n) is 8.99. The van der Waals surface area contributed by atoms with E-state index < -0.39 is 0 Å². The van der Waals surface area contributed by atoms with Crippen LogP contribution in [-0.4, -0.2) is 50.8 Å². The Morgan fingerprint density at radius 1 is 1.03 bits per heavy atom. The molecule has 0 saturated carbocycles. The molecule has 2 saturated heterocycles. The smallest absolute Gasteiger partial charge is 0.210 e. The van der Waals surface area contributed by atoms with Crippen molar-refractivity contribution in [1.29, 1.82) is 0 Å². The second-order valence-corrected chi connectivity index (χ2v) is 8.99. The number of carbonyl (C=O) groups is 1. The number of morpholine rings is 1. The molecule has 1 N–H and O–H groups in total. The lowest BCUT2D eigenvalue weighted by Gasteiger charge is -2.32. The van der Waals surface area contributed by atoms with Gasteiger partial charge in [0.1, 0.15) is 5.75 Å². The van der Waals surface area contributed by atoms with E-state index in [0.717, 1.165) is 43.8 Å². The summed E-state index contributed by atoms with van der Waals surface area (Å²) < 4.78 is 11.0. The fraction of sp³-hybridized carbons (Fsp3) is 0.367. The summed E-state index contributed by atoms with van der Waals surface area (Å²) in [6, 6.07) is 27.3. The minimum Gasteiger partial charge on any atom is -0.494 e. The molecule has 35 heavy (non-hydrogen) atoms. The summed E-state index contributed by atoms with van der Waals surface area (Å²) in [4.78, 5) is 12.6. The molecule has 5 heteroatoms. The molecule has 3 aromatic rings. The van der Waals surface area contributed by atoms with Crippen LogP contribution in [0.25, 0.3) is 11.1 Å². The molecule has 0 spiro atoms. The number of benzene rings is 3. The predicted molar refractivity (Wildman–Crippen MR) is 141 cm³/mol. The molecule has 0 aromatic heterocycles. The van der Waals surface area contributed by atoms with Gasteiger partial charge in [0.05, 0.1) is 25.9 Å². The minimum atomic E-state index is 0.0856. The lowest BCUT2D eigenvalue weighted by atomic mass is 9.90. The molecule has 5 rings (SSSR count). The van der Waals surface area contributed by atoms with Crippen LogP contribution in [0.3, 0.4) is 0 Å². The molecule has 2 unspecified atom stereocenters. The zero-order chi connectivity index (χ0) is 24.3. The summed E-state index contributed by atoms with van der Waals surface area (Å²) in [5.41, 5.74) is 5.23. The summed E-state index contributed by atoms with van der Waals surface area (Å²) in [7, 11) is 0. The highest BCUT2D eigenvalue weighted by Crippen LogP contribution is 2.33. The number of rotatable bonds is 7. The predicted octanol–water partition coefficient (Wildman–Crippen LogP) is 5.44.